The third-order valence-electron chi connectivity index (χ3n) is 6.98. The van der Waals surface area contributed by atoms with Crippen molar-refractivity contribution in [2.75, 3.05) is 18.4 Å². The van der Waals surface area contributed by atoms with Crippen LogP contribution in [0.4, 0.5) is 5.69 Å². The Morgan fingerprint density at radius 1 is 1.03 bits per heavy atom. The van der Waals surface area contributed by atoms with Gasteiger partial charge in [0.05, 0.1) is 15.9 Å². The van der Waals surface area contributed by atoms with Crippen LogP contribution in [0, 0.1) is 5.92 Å². The van der Waals surface area contributed by atoms with Gasteiger partial charge in [-0.3, -0.25) is 9.59 Å². The summed E-state index contributed by atoms with van der Waals surface area (Å²) in [6.07, 6.45) is 4.49. The number of piperidine rings is 1. The molecule has 1 saturated carbocycles. The molecule has 8 nitrogen and oxygen atoms in total. The number of carbonyl (C=O) groups excluding carboxylic acids is 2. The number of benzene rings is 2. The first-order valence-electron chi connectivity index (χ1n) is 11.7. The molecule has 2 fully saturated rings. The molecule has 0 atom stereocenters. The Morgan fingerprint density at radius 3 is 2.35 bits per heavy atom. The first kappa shape index (κ1) is 22.7. The number of imidazole rings is 1. The van der Waals surface area contributed by atoms with Gasteiger partial charge in [0.2, 0.25) is 15.9 Å². The van der Waals surface area contributed by atoms with E-state index in [1.807, 2.05) is 18.2 Å². The Bertz CT molecular complexity index is 1330. The minimum Gasteiger partial charge on any atom is -0.342 e. The lowest BCUT2D eigenvalue weighted by Gasteiger charge is -2.30. The third kappa shape index (κ3) is 4.37. The lowest BCUT2D eigenvalue weighted by Crippen LogP contribution is -2.41. The Kier molecular flexibility index (Phi) is 5.99. The SMILES string of the molecule is CC(=O)c1ccc(S(=O)(=O)N2CCC(C(=O)Nc3ccc4nc(C5CCC5)[nH]c4c3)CC2)cc1. The molecule has 9 heteroatoms. The molecule has 2 aromatic carbocycles. The predicted molar refractivity (Wildman–Crippen MR) is 129 cm³/mol. The van der Waals surface area contributed by atoms with Crippen LogP contribution in [-0.2, 0) is 14.8 Å². The highest BCUT2D eigenvalue weighted by Crippen LogP contribution is 2.35. The fraction of sp³-hybridized carbons (Fsp3) is 0.400. The second kappa shape index (κ2) is 8.96. The quantitative estimate of drug-likeness (QED) is 0.517. The van der Waals surface area contributed by atoms with Crippen LogP contribution in [0.25, 0.3) is 11.0 Å². The minimum atomic E-state index is -3.66. The number of carbonyl (C=O) groups is 2. The van der Waals surface area contributed by atoms with E-state index in [0.717, 1.165) is 16.9 Å². The molecule has 1 aliphatic carbocycles. The van der Waals surface area contributed by atoms with Crippen molar-refractivity contribution < 1.29 is 18.0 Å². The summed E-state index contributed by atoms with van der Waals surface area (Å²) in [7, 11) is -3.66. The van der Waals surface area contributed by atoms with Crippen molar-refractivity contribution in [2.45, 2.75) is 49.8 Å². The van der Waals surface area contributed by atoms with Crippen molar-refractivity contribution in [3.8, 4) is 0 Å². The summed E-state index contributed by atoms with van der Waals surface area (Å²) < 4.78 is 27.3. The van der Waals surface area contributed by atoms with Gasteiger partial charge in [0.25, 0.3) is 0 Å². The number of sulfonamides is 1. The maximum absolute atomic E-state index is 13.0. The van der Waals surface area contributed by atoms with Crippen LogP contribution < -0.4 is 5.32 Å². The number of hydrogen-bond donors (Lipinski definition) is 2. The highest BCUT2D eigenvalue weighted by molar-refractivity contribution is 7.89. The Morgan fingerprint density at radius 2 is 1.74 bits per heavy atom. The summed E-state index contributed by atoms with van der Waals surface area (Å²) in [5, 5.41) is 2.99. The van der Waals surface area contributed by atoms with E-state index >= 15 is 0 Å². The molecule has 1 amide bonds. The van der Waals surface area contributed by atoms with E-state index < -0.39 is 10.0 Å². The molecule has 0 radical (unpaired) electrons. The number of aromatic nitrogens is 2. The smallest absolute Gasteiger partial charge is 0.243 e. The summed E-state index contributed by atoms with van der Waals surface area (Å²) in [5.41, 5.74) is 3.00. The summed E-state index contributed by atoms with van der Waals surface area (Å²) in [4.78, 5) is 32.5. The first-order valence-corrected chi connectivity index (χ1v) is 13.2. The van der Waals surface area contributed by atoms with Crippen molar-refractivity contribution in [1.82, 2.24) is 14.3 Å². The van der Waals surface area contributed by atoms with E-state index in [-0.39, 0.29) is 35.6 Å². The van der Waals surface area contributed by atoms with Crippen LogP contribution in [0.15, 0.2) is 47.4 Å². The normalized spacial score (nSPS) is 18.0. The molecule has 178 valence electrons. The lowest BCUT2D eigenvalue weighted by molar-refractivity contribution is -0.120. The number of amides is 1. The van der Waals surface area contributed by atoms with E-state index in [0.29, 0.717) is 30.0 Å². The van der Waals surface area contributed by atoms with Crippen molar-refractivity contribution in [2.24, 2.45) is 5.92 Å². The van der Waals surface area contributed by atoms with Gasteiger partial charge in [-0.1, -0.05) is 18.6 Å². The zero-order valence-electron chi connectivity index (χ0n) is 19.1. The second-order valence-corrected chi connectivity index (χ2v) is 11.2. The molecule has 2 heterocycles. The lowest BCUT2D eigenvalue weighted by atomic mass is 9.85. The van der Waals surface area contributed by atoms with Gasteiger partial charge >= 0.3 is 0 Å². The number of Topliss-reactive ketones (excluding diaryl/α,β-unsaturated/α-hetero) is 1. The molecule has 0 unspecified atom stereocenters. The van der Waals surface area contributed by atoms with Gasteiger partial charge in [0.15, 0.2) is 5.78 Å². The van der Waals surface area contributed by atoms with Crippen molar-refractivity contribution in [3.63, 3.8) is 0 Å². The number of nitrogens with one attached hydrogen (secondary N) is 2. The molecule has 1 aromatic heterocycles. The van der Waals surface area contributed by atoms with Crippen molar-refractivity contribution >= 4 is 38.4 Å². The summed E-state index contributed by atoms with van der Waals surface area (Å²) in [5.74, 6) is 1.07. The number of fused-ring (bicyclic) bond motifs is 1. The number of nitrogens with zero attached hydrogens (tertiary/aromatic N) is 2. The Labute approximate surface area is 198 Å². The fourth-order valence-corrected chi connectivity index (χ4v) is 6.07. The van der Waals surface area contributed by atoms with Gasteiger partial charge in [-0.15, -0.1) is 0 Å². The van der Waals surface area contributed by atoms with Crippen molar-refractivity contribution in [3.05, 3.63) is 53.9 Å². The van der Waals surface area contributed by atoms with Crippen LogP contribution >= 0.6 is 0 Å². The molecule has 0 spiro atoms. The van der Waals surface area contributed by atoms with Gasteiger partial charge < -0.3 is 10.3 Å². The van der Waals surface area contributed by atoms with Gasteiger partial charge in [-0.25, -0.2) is 13.4 Å². The summed E-state index contributed by atoms with van der Waals surface area (Å²) in [6, 6.07) is 11.7. The molecule has 34 heavy (non-hydrogen) atoms. The zero-order chi connectivity index (χ0) is 23.9. The average molecular weight is 481 g/mol. The second-order valence-electron chi connectivity index (χ2n) is 9.23. The molecular weight excluding hydrogens is 452 g/mol. The van der Waals surface area contributed by atoms with E-state index in [9.17, 15) is 18.0 Å². The first-order chi connectivity index (χ1) is 16.3. The number of hydrogen-bond acceptors (Lipinski definition) is 5. The largest absolute Gasteiger partial charge is 0.342 e. The van der Waals surface area contributed by atoms with Gasteiger partial charge in [-0.2, -0.15) is 4.31 Å². The molecule has 1 aliphatic heterocycles. The van der Waals surface area contributed by atoms with Crippen LogP contribution in [0.2, 0.25) is 0 Å². The van der Waals surface area contributed by atoms with E-state index in [1.165, 1.54) is 54.8 Å². The molecule has 3 aromatic rings. The number of rotatable bonds is 6. The predicted octanol–water partition coefficient (Wildman–Crippen LogP) is 4.07. The number of ketones is 1. The van der Waals surface area contributed by atoms with Gasteiger partial charge in [0, 0.05) is 36.2 Å². The molecule has 5 rings (SSSR count). The Balaban J connectivity index is 1.20. The summed E-state index contributed by atoms with van der Waals surface area (Å²) >= 11 is 0. The molecule has 2 aliphatic rings. The van der Waals surface area contributed by atoms with Gasteiger partial charge in [0.1, 0.15) is 5.82 Å². The minimum absolute atomic E-state index is 0.0964. The molecular formula is C25H28N4O4S. The third-order valence-corrected chi connectivity index (χ3v) is 8.90. The van der Waals surface area contributed by atoms with Crippen LogP contribution in [-0.4, -0.2) is 47.5 Å². The van der Waals surface area contributed by atoms with Crippen LogP contribution in [0.3, 0.4) is 0 Å². The molecule has 1 saturated heterocycles. The molecule has 2 N–H and O–H groups in total. The average Bonchev–Trinajstić information content (AvgIpc) is 3.20. The standard InChI is InChI=1S/C25H28N4O4S/c1-16(30)17-5-8-21(9-6-17)34(32,33)29-13-11-19(12-14-29)25(31)26-20-7-10-22-23(15-20)28-24(27-22)18-3-2-4-18/h5-10,15,18-19H,2-4,11-14H2,1H3,(H,26,31)(H,27,28). The number of anilines is 1. The topological polar surface area (TPSA) is 112 Å². The Hall–Kier alpha value is -3.04. The van der Waals surface area contributed by atoms with Crippen LogP contribution in [0.1, 0.15) is 61.1 Å². The number of aromatic amines is 1. The van der Waals surface area contributed by atoms with Crippen molar-refractivity contribution in [1.29, 1.82) is 0 Å². The van der Waals surface area contributed by atoms with E-state index in [2.05, 4.69) is 15.3 Å². The maximum atomic E-state index is 13.0. The number of H-pyrrole nitrogens is 1. The van der Waals surface area contributed by atoms with Gasteiger partial charge in [-0.05, 0) is 62.9 Å². The van der Waals surface area contributed by atoms with E-state index in [4.69, 9.17) is 0 Å². The monoisotopic (exact) mass is 480 g/mol. The van der Waals surface area contributed by atoms with E-state index in [1.54, 1.807) is 0 Å². The van der Waals surface area contributed by atoms with Crippen LogP contribution in [0.5, 0.6) is 0 Å². The molecule has 0 bridgehead atoms. The highest BCUT2D eigenvalue weighted by Gasteiger charge is 2.32. The fourth-order valence-electron chi connectivity index (χ4n) is 4.60. The maximum Gasteiger partial charge on any atom is 0.243 e. The summed E-state index contributed by atoms with van der Waals surface area (Å²) in [6.45, 7) is 2.00. The zero-order valence-corrected chi connectivity index (χ0v) is 19.9. The highest BCUT2D eigenvalue weighted by atomic mass is 32.2.